The predicted octanol–water partition coefficient (Wildman–Crippen LogP) is 2.68. The van der Waals surface area contributed by atoms with Gasteiger partial charge in [-0.2, -0.15) is 39.5 Å². The minimum atomic E-state index is -5.96. The molecule has 0 spiro atoms. The largest absolute Gasteiger partial charge is 0.453 e. The summed E-state index contributed by atoms with van der Waals surface area (Å²) in [5, 5.41) is 0. The van der Waals surface area contributed by atoms with Crippen molar-refractivity contribution in [2.24, 2.45) is 0 Å². The Bertz CT molecular complexity index is 418. The lowest BCUT2D eigenvalue weighted by Crippen LogP contribution is -2.45. The van der Waals surface area contributed by atoms with Crippen LogP contribution in [0.15, 0.2) is 12.2 Å². The molecule has 0 unspecified atom stereocenters. The molecular formula is C9H5F9O4. The molecule has 0 saturated heterocycles. The molecule has 0 atom stereocenters. The first-order valence-electron chi connectivity index (χ1n) is 4.88. The number of halogens is 9. The van der Waals surface area contributed by atoms with Gasteiger partial charge in [0, 0.05) is 12.2 Å². The number of hydrogen-bond acceptors (Lipinski definition) is 4. The van der Waals surface area contributed by atoms with Gasteiger partial charge in [0.05, 0.1) is 0 Å². The summed E-state index contributed by atoms with van der Waals surface area (Å²) in [4.78, 5) is 21.3. The van der Waals surface area contributed by atoms with E-state index in [2.05, 4.69) is 9.47 Å². The van der Waals surface area contributed by atoms with Gasteiger partial charge in [0.1, 0.15) is 0 Å². The van der Waals surface area contributed by atoms with Crippen molar-refractivity contribution in [1.82, 2.24) is 0 Å². The summed E-state index contributed by atoms with van der Waals surface area (Å²) in [5.74, 6) is -4.06. The van der Waals surface area contributed by atoms with E-state index in [1.54, 1.807) is 0 Å². The topological polar surface area (TPSA) is 52.6 Å². The molecule has 0 heterocycles. The molecule has 0 saturated carbocycles. The number of carbonyl (C=O) groups is 2. The van der Waals surface area contributed by atoms with Gasteiger partial charge < -0.3 is 9.47 Å². The molecule has 0 aromatic carbocycles. The van der Waals surface area contributed by atoms with Crippen LogP contribution in [0.4, 0.5) is 39.5 Å². The Hall–Kier alpha value is -1.95. The van der Waals surface area contributed by atoms with Gasteiger partial charge in [-0.1, -0.05) is 0 Å². The molecule has 0 radical (unpaired) electrons. The number of rotatable bonds is 4. The highest BCUT2D eigenvalue weighted by atomic mass is 19.4. The highest BCUT2D eigenvalue weighted by Crippen LogP contribution is 2.35. The Balaban J connectivity index is 4.66. The molecule has 0 aliphatic heterocycles. The zero-order chi connectivity index (χ0) is 17.8. The van der Waals surface area contributed by atoms with E-state index in [0.717, 1.165) is 0 Å². The third-order valence-electron chi connectivity index (χ3n) is 1.56. The van der Waals surface area contributed by atoms with Gasteiger partial charge in [0.2, 0.25) is 0 Å². The van der Waals surface area contributed by atoms with Crippen molar-refractivity contribution in [3.05, 3.63) is 12.2 Å². The third-order valence-corrected chi connectivity index (χ3v) is 1.56. The van der Waals surface area contributed by atoms with Gasteiger partial charge in [0.25, 0.3) is 6.10 Å². The number of alkyl halides is 9. The van der Waals surface area contributed by atoms with Crippen LogP contribution in [-0.2, 0) is 19.1 Å². The number of hydrogen-bond donors (Lipinski definition) is 0. The van der Waals surface area contributed by atoms with E-state index in [0.29, 0.717) is 0 Å². The first kappa shape index (κ1) is 20.1. The third kappa shape index (κ3) is 8.36. The zero-order valence-corrected chi connectivity index (χ0v) is 9.97. The van der Waals surface area contributed by atoms with Gasteiger partial charge in [-0.05, 0) is 0 Å². The van der Waals surface area contributed by atoms with Crippen LogP contribution in [-0.4, -0.2) is 43.2 Å². The second-order valence-corrected chi connectivity index (χ2v) is 3.46. The Morgan fingerprint density at radius 3 is 1.59 bits per heavy atom. The first-order chi connectivity index (χ1) is 9.63. The van der Waals surface area contributed by atoms with E-state index in [-0.39, 0.29) is 12.2 Å². The summed E-state index contributed by atoms with van der Waals surface area (Å²) in [5.41, 5.74) is 0. The molecule has 22 heavy (non-hydrogen) atoms. The molecule has 0 fully saturated rings. The van der Waals surface area contributed by atoms with Gasteiger partial charge in [-0.3, -0.25) is 0 Å². The van der Waals surface area contributed by atoms with E-state index in [9.17, 15) is 49.1 Å². The van der Waals surface area contributed by atoms with E-state index in [1.807, 2.05) is 0 Å². The van der Waals surface area contributed by atoms with Gasteiger partial charge in [-0.15, -0.1) is 0 Å². The maximum atomic E-state index is 12.0. The first-order valence-corrected chi connectivity index (χ1v) is 4.88. The summed E-state index contributed by atoms with van der Waals surface area (Å²) in [7, 11) is 0. The van der Waals surface area contributed by atoms with Crippen LogP contribution in [0.5, 0.6) is 0 Å². The Morgan fingerprint density at radius 2 is 1.23 bits per heavy atom. The van der Waals surface area contributed by atoms with Crippen molar-refractivity contribution in [3.8, 4) is 0 Å². The molecule has 13 heteroatoms. The lowest BCUT2D eigenvalue weighted by atomic mass is 10.3. The maximum Gasteiger partial charge on any atom is 0.434 e. The molecule has 0 N–H and O–H groups in total. The van der Waals surface area contributed by atoms with Gasteiger partial charge >= 0.3 is 30.5 Å². The molecule has 0 amide bonds. The number of carbonyl (C=O) groups excluding carboxylic acids is 2. The minimum Gasteiger partial charge on any atom is -0.453 e. The quantitative estimate of drug-likeness (QED) is 0.445. The summed E-state index contributed by atoms with van der Waals surface area (Å²) in [6, 6.07) is 0. The second kappa shape index (κ2) is 6.87. The van der Waals surface area contributed by atoms with Crippen molar-refractivity contribution >= 4 is 11.9 Å². The molecular weight excluding hydrogens is 343 g/mol. The summed E-state index contributed by atoms with van der Waals surface area (Å²) >= 11 is 0. The summed E-state index contributed by atoms with van der Waals surface area (Å²) in [6.45, 7) is -2.06. The molecule has 128 valence electrons. The van der Waals surface area contributed by atoms with Crippen LogP contribution in [0.3, 0.4) is 0 Å². The standard InChI is InChI=1S/C9H5F9O4/c10-7(11,12)3-21-4(19)1-2-5(20)22-6(8(13,14)15)9(16,17)18/h1-2,6H,3H2. The normalized spacial score (nSPS) is 13.5. The highest BCUT2D eigenvalue weighted by Gasteiger charge is 2.59. The minimum absolute atomic E-state index is 0.113. The lowest BCUT2D eigenvalue weighted by molar-refractivity contribution is -0.312. The lowest BCUT2D eigenvalue weighted by Gasteiger charge is -2.22. The fraction of sp³-hybridized carbons (Fsp3) is 0.556. The van der Waals surface area contributed by atoms with Crippen molar-refractivity contribution in [1.29, 1.82) is 0 Å². The van der Waals surface area contributed by atoms with Gasteiger partial charge in [-0.25, -0.2) is 9.59 Å². The fourth-order valence-electron chi connectivity index (χ4n) is 0.812. The van der Waals surface area contributed by atoms with Crippen molar-refractivity contribution < 1.29 is 58.6 Å². The van der Waals surface area contributed by atoms with Crippen molar-refractivity contribution in [2.75, 3.05) is 6.61 Å². The van der Waals surface area contributed by atoms with Crippen LogP contribution in [0.1, 0.15) is 0 Å². The monoisotopic (exact) mass is 348 g/mol. The van der Waals surface area contributed by atoms with Crippen LogP contribution >= 0.6 is 0 Å². The molecule has 0 aliphatic rings. The molecule has 0 aliphatic carbocycles. The summed E-state index contributed by atoms with van der Waals surface area (Å²) in [6.07, 6.45) is -21.6. The van der Waals surface area contributed by atoms with Crippen molar-refractivity contribution in [3.63, 3.8) is 0 Å². The summed E-state index contributed by atoms with van der Waals surface area (Å²) < 4.78 is 113. The van der Waals surface area contributed by atoms with E-state index < -0.39 is 43.2 Å². The van der Waals surface area contributed by atoms with E-state index in [1.165, 1.54) is 0 Å². The molecule has 0 rings (SSSR count). The SMILES string of the molecule is O=C(C=CC(=O)OC(C(F)(F)F)C(F)(F)F)OCC(F)(F)F. The van der Waals surface area contributed by atoms with Crippen LogP contribution in [0.2, 0.25) is 0 Å². The highest BCUT2D eigenvalue weighted by molar-refractivity contribution is 5.91. The second-order valence-electron chi connectivity index (χ2n) is 3.46. The van der Waals surface area contributed by atoms with Crippen LogP contribution < -0.4 is 0 Å². The number of ether oxygens (including phenoxy) is 2. The average Bonchev–Trinajstić information content (AvgIpc) is 2.27. The average molecular weight is 348 g/mol. The Morgan fingerprint density at radius 1 is 0.818 bits per heavy atom. The Kier molecular flexibility index (Phi) is 6.26. The molecule has 0 bridgehead atoms. The van der Waals surface area contributed by atoms with Crippen LogP contribution in [0, 0.1) is 0 Å². The molecule has 0 aromatic heterocycles. The molecule has 4 nitrogen and oxygen atoms in total. The maximum absolute atomic E-state index is 12.0. The fourth-order valence-corrected chi connectivity index (χ4v) is 0.812. The van der Waals surface area contributed by atoms with Crippen molar-refractivity contribution in [2.45, 2.75) is 24.6 Å². The van der Waals surface area contributed by atoms with E-state index >= 15 is 0 Å². The number of esters is 2. The van der Waals surface area contributed by atoms with Gasteiger partial charge in [0.15, 0.2) is 6.61 Å². The zero-order valence-electron chi connectivity index (χ0n) is 9.97. The predicted molar refractivity (Wildman–Crippen MR) is 48.1 cm³/mol. The molecule has 0 aromatic rings. The Labute approximate surface area is 115 Å². The smallest absolute Gasteiger partial charge is 0.434 e. The van der Waals surface area contributed by atoms with Crippen LogP contribution in [0.25, 0.3) is 0 Å². The van der Waals surface area contributed by atoms with E-state index in [4.69, 9.17) is 0 Å².